The molecule has 0 spiro atoms. The maximum absolute atomic E-state index is 12.8. The van der Waals surface area contributed by atoms with Gasteiger partial charge >= 0.3 is 5.97 Å². The van der Waals surface area contributed by atoms with Gasteiger partial charge in [0.25, 0.3) is 0 Å². The maximum atomic E-state index is 12.8. The lowest BCUT2D eigenvalue weighted by Gasteiger charge is -2.17. The zero-order chi connectivity index (χ0) is 21.3. The number of ether oxygens (including phenoxy) is 1. The van der Waals surface area contributed by atoms with Crippen LogP contribution in [0, 0.1) is 0 Å². The highest BCUT2D eigenvalue weighted by molar-refractivity contribution is 7.07. The van der Waals surface area contributed by atoms with Crippen LogP contribution in [0.5, 0.6) is 0 Å². The van der Waals surface area contributed by atoms with Crippen molar-refractivity contribution in [2.24, 2.45) is 0 Å². The topological polar surface area (TPSA) is 67.0 Å². The van der Waals surface area contributed by atoms with Crippen LogP contribution in [0.3, 0.4) is 0 Å². The number of carbonyl (C=O) groups is 1. The van der Waals surface area contributed by atoms with E-state index in [4.69, 9.17) is 4.74 Å². The van der Waals surface area contributed by atoms with Crippen LogP contribution in [0.4, 0.5) is 0 Å². The zero-order valence-electron chi connectivity index (χ0n) is 17.2. The van der Waals surface area contributed by atoms with Crippen LogP contribution in [0.2, 0.25) is 0 Å². The average molecular weight is 432 g/mol. The lowest BCUT2D eigenvalue weighted by Crippen LogP contribution is -2.38. The van der Waals surface area contributed by atoms with Crippen molar-refractivity contribution < 1.29 is 9.53 Å². The quantitative estimate of drug-likeness (QED) is 0.348. The van der Waals surface area contributed by atoms with Crippen LogP contribution < -0.4 is 5.32 Å². The first-order valence-electron chi connectivity index (χ1n) is 10.3. The molecule has 0 unspecified atom stereocenters. The number of nitrogens with zero attached hydrogens (tertiary/aromatic N) is 1. The first-order valence-corrected chi connectivity index (χ1v) is 11.3. The van der Waals surface area contributed by atoms with E-state index >= 15 is 0 Å². The Balaban J connectivity index is 1.37. The van der Waals surface area contributed by atoms with E-state index in [-0.39, 0.29) is 12.6 Å². The number of carbonyl (C=O) groups excluding carboxylic acids is 1. The molecule has 31 heavy (non-hydrogen) atoms. The number of aromatic nitrogens is 2. The lowest BCUT2D eigenvalue weighted by molar-refractivity contribution is -0.147. The molecule has 0 radical (unpaired) electrons. The molecule has 0 aliphatic rings. The second-order valence-corrected chi connectivity index (χ2v) is 8.09. The van der Waals surface area contributed by atoms with E-state index in [1.807, 2.05) is 72.2 Å². The van der Waals surface area contributed by atoms with Crippen molar-refractivity contribution in [3.8, 4) is 11.3 Å². The fourth-order valence-corrected chi connectivity index (χ4v) is 3.97. The molecule has 2 heterocycles. The van der Waals surface area contributed by atoms with Gasteiger partial charge in [0.2, 0.25) is 0 Å². The standard InChI is InChI=1S/C25H25N3O2S/c29-25(30-17-19-7-3-1-4-8-19)22(26-15-20-13-14-31-18-20)11-12-24-27-16-23(28-24)21-9-5-2-6-10-21/h1-10,13-14,16,18,22,26H,11-12,15,17H2,(H,27,28)/t22-/m0/s1. The fraction of sp³-hybridized carbons (Fsp3) is 0.200. The molecule has 0 aliphatic heterocycles. The van der Waals surface area contributed by atoms with Crippen molar-refractivity contribution in [3.63, 3.8) is 0 Å². The molecule has 0 amide bonds. The highest BCUT2D eigenvalue weighted by Crippen LogP contribution is 2.17. The van der Waals surface area contributed by atoms with Crippen molar-refractivity contribution >= 4 is 17.3 Å². The Morgan fingerprint density at radius 2 is 1.81 bits per heavy atom. The van der Waals surface area contributed by atoms with Gasteiger partial charge in [-0.3, -0.25) is 4.79 Å². The van der Waals surface area contributed by atoms with Gasteiger partial charge in [0.15, 0.2) is 0 Å². The van der Waals surface area contributed by atoms with Gasteiger partial charge < -0.3 is 15.0 Å². The first-order chi connectivity index (χ1) is 15.3. The molecule has 2 N–H and O–H groups in total. The summed E-state index contributed by atoms with van der Waals surface area (Å²) in [6.45, 7) is 0.900. The molecule has 0 bridgehead atoms. The Morgan fingerprint density at radius 1 is 1.03 bits per heavy atom. The van der Waals surface area contributed by atoms with E-state index in [0.29, 0.717) is 19.4 Å². The molecule has 4 rings (SSSR count). The smallest absolute Gasteiger partial charge is 0.323 e. The molecule has 158 valence electrons. The third-order valence-electron chi connectivity index (χ3n) is 5.02. The Morgan fingerprint density at radius 3 is 2.55 bits per heavy atom. The third kappa shape index (κ3) is 6.13. The summed E-state index contributed by atoms with van der Waals surface area (Å²) in [5, 5.41) is 7.47. The second kappa shape index (κ2) is 10.7. The maximum Gasteiger partial charge on any atom is 0.323 e. The molecule has 0 fully saturated rings. The van der Waals surface area contributed by atoms with Gasteiger partial charge in [-0.1, -0.05) is 60.7 Å². The first kappa shape index (κ1) is 21.0. The molecular formula is C25H25N3O2S. The number of thiophene rings is 1. The van der Waals surface area contributed by atoms with E-state index in [9.17, 15) is 4.79 Å². The molecule has 5 nitrogen and oxygen atoms in total. The highest BCUT2D eigenvalue weighted by atomic mass is 32.1. The van der Waals surface area contributed by atoms with E-state index < -0.39 is 6.04 Å². The summed E-state index contributed by atoms with van der Waals surface area (Å²) < 4.78 is 5.59. The molecule has 1 atom stereocenters. The number of nitrogens with one attached hydrogen (secondary N) is 2. The van der Waals surface area contributed by atoms with Gasteiger partial charge in [-0.2, -0.15) is 11.3 Å². The van der Waals surface area contributed by atoms with Crippen LogP contribution in [-0.2, 0) is 29.1 Å². The van der Waals surface area contributed by atoms with Gasteiger partial charge in [-0.25, -0.2) is 4.98 Å². The molecule has 0 saturated heterocycles. The summed E-state index contributed by atoms with van der Waals surface area (Å²) in [6, 6.07) is 21.5. The fourth-order valence-electron chi connectivity index (χ4n) is 3.30. The number of benzene rings is 2. The highest BCUT2D eigenvalue weighted by Gasteiger charge is 2.20. The van der Waals surface area contributed by atoms with Crippen LogP contribution in [-0.4, -0.2) is 22.0 Å². The van der Waals surface area contributed by atoms with E-state index in [1.54, 1.807) is 11.3 Å². The van der Waals surface area contributed by atoms with Crippen LogP contribution >= 0.6 is 11.3 Å². The summed E-state index contributed by atoms with van der Waals surface area (Å²) in [7, 11) is 0. The number of aromatic amines is 1. The lowest BCUT2D eigenvalue weighted by atomic mass is 10.1. The normalized spacial score (nSPS) is 11.9. The van der Waals surface area contributed by atoms with Gasteiger partial charge in [0.1, 0.15) is 18.5 Å². The van der Waals surface area contributed by atoms with Gasteiger partial charge in [-0.15, -0.1) is 0 Å². The predicted octanol–water partition coefficient (Wildman–Crippen LogP) is 4.97. The van der Waals surface area contributed by atoms with Crippen molar-refractivity contribution in [1.29, 1.82) is 0 Å². The van der Waals surface area contributed by atoms with E-state index in [0.717, 1.165) is 28.2 Å². The van der Waals surface area contributed by atoms with Crippen LogP contribution in [0.1, 0.15) is 23.4 Å². The Hall–Kier alpha value is -3.22. The molecule has 2 aromatic heterocycles. The summed E-state index contributed by atoms with van der Waals surface area (Å²) in [4.78, 5) is 20.7. The average Bonchev–Trinajstić information content (AvgIpc) is 3.51. The molecular weight excluding hydrogens is 406 g/mol. The number of rotatable bonds is 10. The minimum Gasteiger partial charge on any atom is -0.460 e. The van der Waals surface area contributed by atoms with Crippen molar-refractivity contribution in [2.45, 2.75) is 32.0 Å². The van der Waals surface area contributed by atoms with Crippen LogP contribution in [0.15, 0.2) is 83.7 Å². The largest absolute Gasteiger partial charge is 0.460 e. The second-order valence-electron chi connectivity index (χ2n) is 7.31. The molecule has 0 aliphatic carbocycles. The SMILES string of the molecule is O=C(OCc1ccccc1)[C@H](CCc1ncc(-c2ccccc2)[nH]1)NCc1ccsc1. The van der Waals surface area contributed by atoms with Crippen molar-refractivity contribution in [2.75, 3.05) is 0 Å². The van der Waals surface area contributed by atoms with Crippen molar-refractivity contribution in [1.82, 2.24) is 15.3 Å². The number of aryl methyl sites for hydroxylation is 1. The third-order valence-corrected chi connectivity index (χ3v) is 5.76. The molecule has 6 heteroatoms. The number of H-pyrrole nitrogens is 1. The molecule has 4 aromatic rings. The minimum atomic E-state index is -0.408. The van der Waals surface area contributed by atoms with Crippen molar-refractivity contribution in [3.05, 3.63) is 101 Å². The monoisotopic (exact) mass is 431 g/mol. The Labute approximate surface area is 186 Å². The Kier molecular flexibility index (Phi) is 7.26. The number of imidazole rings is 1. The van der Waals surface area contributed by atoms with Crippen LogP contribution in [0.25, 0.3) is 11.3 Å². The summed E-state index contributed by atoms with van der Waals surface area (Å²) in [5.41, 5.74) is 4.21. The summed E-state index contributed by atoms with van der Waals surface area (Å²) in [5.74, 6) is 0.617. The number of hydrogen-bond acceptors (Lipinski definition) is 5. The minimum absolute atomic E-state index is 0.242. The summed E-state index contributed by atoms with van der Waals surface area (Å²) in [6.07, 6.45) is 3.08. The number of esters is 1. The Bertz CT molecular complexity index is 1060. The molecule has 2 aromatic carbocycles. The predicted molar refractivity (Wildman–Crippen MR) is 124 cm³/mol. The van der Waals surface area contributed by atoms with E-state index in [2.05, 4.69) is 26.7 Å². The molecule has 0 saturated carbocycles. The zero-order valence-corrected chi connectivity index (χ0v) is 18.0. The van der Waals surface area contributed by atoms with Gasteiger partial charge in [0, 0.05) is 13.0 Å². The number of hydrogen-bond donors (Lipinski definition) is 2. The van der Waals surface area contributed by atoms with Gasteiger partial charge in [-0.05, 0) is 39.9 Å². The van der Waals surface area contributed by atoms with E-state index in [1.165, 1.54) is 0 Å². The van der Waals surface area contributed by atoms with Gasteiger partial charge in [0.05, 0.1) is 11.9 Å². The summed E-state index contributed by atoms with van der Waals surface area (Å²) >= 11 is 1.65.